The summed E-state index contributed by atoms with van der Waals surface area (Å²) in [4.78, 5) is 9.64. The number of anilines is 1. The van der Waals surface area contributed by atoms with Gasteiger partial charge in [0, 0.05) is 38.3 Å². The van der Waals surface area contributed by atoms with E-state index in [9.17, 15) is 0 Å². The van der Waals surface area contributed by atoms with Gasteiger partial charge < -0.3 is 14.4 Å². The molecule has 0 radical (unpaired) electrons. The van der Waals surface area contributed by atoms with E-state index in [1.807, 2.05) is 18.2 Å². The lowest BCUT2D eigenvalue weighted by atomic mass is 10.1. The molecule has 1 aliphatic heterocycles. The maximum Gasteiger partial charge on any atom is 0.186 e. The number of benzene rings is 2. The number of rotatable bonds is 5. The van der Waals surface area contributed by atoms with Crippen molar-refractivity contribution in [3.8, 4) is 11.5 Å². The summed E-state index contributed by atoms with van der Waals surface area (Å²) in [5.41, 5.74) is 2.26. The largest absolute Gasteiger partial charge is 0.497 e. The standard InChI is InChI=1S/C20H23N3O2S/c1-24-16-7-8-18(25-2)15(13-16)14-22-9-11-23(12-10-22)20-21-17-5-3-4-6-19(17)26-20/h3-8,13H,9-12,14H2,1-2H3. The summed E-state index contributed by atoms with van der Waals surface area (Å²) in [5, 5.41) is 1.13. The lowest BCUT2D eigenvalue weighted by Gasteiger charge is -2.34. The minimum absolute atomic E-state index is 0.869. The molecule has 1 aromatic heterocycles. The first-order valence-corrected chi connectivity index (χ1v) is 9.62. The summed E-state index contributed by atoms with van der Waals surface area (Å²) in [5.74, 6) is 1.79. The van der Waals surface area contributed by atoms with E-state index < -0.39 is 0 Å². The molecule has 1 aliphatic rings. The number of hydrogen-bond acceptors (Lipinski definition) is 6. The van der Waals surface area contributed by atoms with Gasteiger partial charge in [0.05, 0.1) is 24.4 Å². The third-order valence-electron chi connectivity index (χ3n) is 4.81. The number of aromatic nitrogens is 1. The molecule has 2 heterocycles. The van der Waals surface area contributed by atoms with E-state index in [-0.39, 0.29) is 0 Å². The maximum atomic E-state index is 5.51. The average molecular weight is 369 g/mol. The molecule has 3 aromatic rings. The molecule has 0 atom stereocenters. The van der Waals surface area contributed by atoms with Crippen LogP contribution >= 0.6 is 11.3 Å². The zero-order chi connectivity index (χ0) is 17.9. The highest BCUT2D eigenvalue weighted by Crippen LogP contribution is 2.30. The van der Waals surface area contributed by atoms with Crippen molar-refractivity contribution < 1.29 is 9.47 Å². The first-order chi connectivity index (χ1) is 12.8. The predicted molar refractivity (Wildman–Crippen MR) is 107 cm³/mol. The van der Waals surface area contributed by atoms with Gasteiger partial charge in [0.1, 0.15) is 11.5 Å². The van der Waals surface area contributed by atoms with Gasteiger partial charge in [-0.25, -0.2) is 4.98 Å². The lowest BCUT2D eigenvalue weighted by molar-refractivity contribution is 0.245. The van der Waals surface area contributed by atoms with Crippen molar-refractivity contribution in [2.75, 3.05) is 45.3 Å². The van der Waals surface area contributed by atoms with Gasteiger partial charge in [0.2, 0.25) is 0 Å². The number of hydrogen-bond donors (Lipinski definition) is 0. The second-order valence-electron chi connectivity index (χ2n) is 6.41. The van der Waals surface area contributed by atoms with Crippen LogP contribution in [-0.4, -0.2) is 50.3 Å². The van der Waals surface area contributed by atoms with Crippen LogP contribution in [0.2, 0.25) is 0 Å². The third kappa shape index (κ3) is 3.48. The Morgan fingerprint density at radius 2 is 1.81 bits per heavy atom. The summed E-state index contributed by atoms with van der Waals surface area (Å²) in [7, 11) is 3.42. The van der Waals surface area contributed by atoms with Gasteiger partial charge in [-0.3, -0.25) is 4.90 Å². The van der Waals surface area contributed by atoms with Crippen LogP contribution in [0.25, 0.3) is 10.2 Å². The van der Waals surface area contributed by atoms with Crippen LogP contribution in [0.1, 0.15) is 5.56 Å². The van der Waals surface area contributed by atoms with E-state index in [4.69, 9.17) is 14.5 Å². The topological polar surface area (TPSA) is 37.8 Å². The van der Waals surface area contributed by atoms with E-state index in [1.54, 1.807) is 25.6 Å². The van der Waals surface area contributed by atoms with Gasteiger partial charge >= 0.3 is 0 Å². The number of fused-ring (bicyclic) bond motifs is 1. The highest BCUT2D eigenvalue weighted by Gasteiger charge is 2.21. The van der Waals surface area contributed by atoms with E-state index in [0.717, 1.165) is 54.9 Å². The van der Waals surface area contributed by atoms with Crippen LogP contribution in [-0.2, 0) is 6.54 Å². The molecular weight excluding hydrogens is 346 g/mol. The Morgan fingerprint density at radius 1 is 1.00 bits per heavy atom. The zero-order valence-electron chi connectivity index (χ0n) is 15.1. The molecule has 1 saturated heterocycles. The van der Waals surface area contributed by atoms with E-state index >= 15 is 0 Å². The molecule has 0 bridgehead atoms. The summed E-state index contributed by atoms with van der Waals surface area (Å²) in [6, 6.07) is 14.3. The smallest absolute Gasteiger partial charge is 0.186 e. The summed E-state index contributed by atoms with van der Waals surface area (Å²) < 4.78 is 12.1. The molecule has 5 nitrogen and oxygen atoms in total. The molecule has 26 heavy (non-hydrogen) atoms. The minimum Gasteiger partial charge on any atom is -0.497 e. The Balaban J connectivity index is 1.42. The molecule has 0 unspecified atom stereocenters. The van der Waals surface area contributed by atoms with Crippen LogP contribution in [0.4, 0.5) is 5.13 Å². The Morgan fingerprint density at radius 3 is 2.54 bits per heavy atom. The molecule has 0 aliphatic carbocycles. The van der Waals surface area contributed by atoms with Gasteiger partial charge in [-0.1, -0.05) is 23.5 Å². The summed E-state index contributed by atoms with van der Waals surface area (Å²) in [6.07, 6.45) is 0. The maximum absolute atomic E-state index is 5.51. The monoisotopic (exact) mass is 369 g/mol. The van der Waals surface area contributed by atoms with Gasteiger partial charge in [-0.2, -0.15) is 0 Å². The van der Waals surface area contributed by atoms with Crippen LogP contribution < -0.4 is 14.4 Å². The molecule has 0 saturated carbocycles. The van der Waals surface area contributed by atoms with Crippen molar-refractivity contribution in [3.63, 3.8) is 0 Å². The molecule has 4 rings (SSSR count). The van der Waals surface area contributed by atoms with Crippen molar-refractivity contribution in [3.05, 3.63) is 48.0 Å². The van der Waals surface area contributed by atoms with Crippen LogP contribution in [0.5, 0.6) is 11.5 Å². The molecule has 0 amide bonds. The van der Waals surface area contributed by atoms with Crippen molar-refractivity contribution in [1.29, 1.82) is 0 Å². The number of thiazole rings is 1. The predicted octanol–water partition coefficient (Wildman–Crippen LogP) is 3.64. The summed E-state index contributed by atoms with van der Waals surface area (Å²) >= 11 is 1.78. The fraction of sp³-hybridized carbons (Fsp3) is 0.350. The van der Waals surface area contributed by atoms with E-state index in [2.05, 4.69) is 34.1 Å². The van der Waals surface area contributed by atoms with Crippen molar-refractivity contribution in [2.24, 2.45) is 0 Å². The minimum atomic E-state index is 0.869. The fourth-order valence-corrected chi connectivity index (χ4v) is 4.36. The molecule has 0 N–H and O–H groups in total. The van der Waals surface area contributed by atoms with Gasteiger partial charge in [-0.05, 0) is 30.3 Å². The molecule has 1 fully saturated rings. The van der Waals surface area contributed by atoms with Crippen molar-refractivity contribution in [2.45, 2.75) is 6.54 Å². The molecule has 2 aromatic carbocycles. The van der Waals surface area contributed by atoms with Gasteiger partial charge in [-0.15, -0.1) is 0 Å². The van der Waals surface area contributed by atoms with Crippen LogP contribution in [0.15, 0.2) is 42.5 Å². The molecule has 0 spiro atoms. The fourth-order valence-electron chi connectivity index (χ4n) is 3.34. The molecular formula is C20H23N3O2S. The normalized spacial score (nSPS) is 15.4. The Hall–Kier alpha value is -2.31. The highest BCUT2D eigenvalue weighted by atomic mass is 32.1. The average Bonchev–Trinajstić information content (AvgIpc) is 3.12. The van der Waals surface area contributed by atoms with Crippen LogP contribution in [0.3, 0.4) is 0 Å². The number of para-hydroxylation sites is 1. The van der Waals surface area contributed by atoms with Crippen molar-refractivity contribution >= 4 is 26.7 Å². The SMILES string of the molecule is COc1ccc(OC)c(CN2CCN(c3nc4ccccc4s3)CC2)c1. The molecule has 136 valence electrons. The second kappa shape index (κ2) is 7.51. The van der Waals surface area contributed by atoms with Gasteiger partial charge in [0.25, 0.3) is 0 Å². The molecule has 6 heteroatoms. The van der Waals surface area contributed by atoms with E-state index in [1.165, 1.54) is 10.3 Å². The second-order valence-corrected chi connectivity index (χ2v) is 7.41. The third-order valence-corrected chi connectivity index (χ3v) is 5.90. The number of piperazine rings is 1. The van der Waals surface area contributed by atoms with Crippen molar-refractivity contribution in [1.82, 2.24) is 9.88 Å². The Labute approximate surface area is 157 Å². The highest BCUT2D eigenvalue weighted by molar-refractivity contribution is 7.22. The number of nitrogens with zero attached hydrogens (tertiary/aromatic N) is 3. The lowest BCUT2D eigenvalue weighted by Crippen LogP contribution is -2.45. The first kappa shape index (κ1) is 17.1. The number of methoxy groups -OCH3 is 2. The Kier molecular flexibility index (Phi) is 4.95. The number of ether oxygens (including phenoxy) is 2. The van der Waals surface area contributed by atoms with E-state index in [0.29, 0.717) is 0 Å². The zero-order valence-corrected chi connectivity index (χ0v) is 16.0. The quantitative estimate of drug-likeness (QED) is 0.686. The van der Waals surface area contributed by atoms with Gasteiger partial charge in [0.15, 0.2) is 5.13 Å². The van der Waals surface area contributed by atoms with Crippen LogP contribution in [0, 0.1) is 0 Å². The first-order valence-electron chi connectivity index (χ1n) is 8.80. The Bertz CT molecular complexity index is 855. The summed E-state index contributed by atoms with van der Waals surface area (Å²) in [6.45, 7) is 4.87.